The lowest BCUT2D eigenvalue weighted by atomic mass is 10.2. The van der Waals surface area contributed by atoms with Gasteiger partial charge in [-0.2, -0.15) is 0 Å². The Balaban J connectivity index is 2.48. The number of aromatic nitrogens is 1. The summed E-state index contributed by atoms with van der Waals surface area (Å²) < 4.78 is 0. The zero-order chi connectivity index (χ0) is 15.8. The van der Waals surface area contributed by atoms with E-state index in [1.807, 2.05) is 19.9 Å². The molecule has 1 aromatic rings. The zero-order valence-corrected chi connectivity index (χ0v) is 13.9. The first kappa shape index (κ1) is 17.4. The molecule has 118 valence electrons. The maximum absolute atomic E-state index is 12.2. The summed E-state index contributed by atoms with van der Waals surface area (Å²) in [5.74, 6) is 0.717. The lowest BCUT2D eigenvalue weighted by Crippen LogP contribution is -2.31. The molecule has 5 nitrogen and oxygen atoms in total. The average molecular weight is 292 g/mol. The van der Waals surface area contributed by atoms with E-state index in [4.69, 9.17) is 0 Å². The number of anilines is 1. The predicted molar refractivity (Wildman–Crippen MR) is 87.9 cm³/mol. The van der Waals surface area contributed by atoms with E-state index in [9.17, 15) is 4.79 Å². The molecule has 1 aromatic heterocycles. The molecule has 0 fully saturated rings. The largest absolute Gasteiger partial charge is 0.370 e. The number of aryl methyl sites for hydroxylation is 1. The molecule has 0 spiro atoms. The first-order valence-electron chi connectivity index (χ1n) is 7.65. The molecule has 0 atom stereocenters. The molecule has 0 saturated carbocycles. The Labute approximate surface area is 128 Å². The van der Waals surface area contributed by atoms with Crippen molar-refractivity contribution in [2.45, 2.75) is 40.2 Å². The Morgan fingerprint density at radius 1 is 1.38 bits per heavy atom. The fourth-order valence-corrected chi connectivity index (χ4v) is 1.96. The highest BCUT2D eigenvalue weighted by molar-refractivity contribution is 5.94. The van der Waals surface area contributed by atoms with Crippen LogP contribution in [0.4, 0.5) is 5.82 Å². The standard InChI is InChI=1S/C16H28N4O/c1-6-17-15-11-14(10-13(4)19-15)16(21)18-8-7-9-20(5)12(2)3/h10-12H,6-9H2,1-5H3,(H,17,19)(H,18,21). The van der Waals surface area contributed by atoms with Crippen LogP contribution in [0.15, 0.2) is 12.1 Å². The molecule has 21 heavy (non-hydrogen) atoms. The highest BCUT2D eigenvalue weighted by Crippen LogP contribution is 2.10. The van der Waals surface area contributed by atoms with Crippen molar-refractivity contribution in [3.8, 4) is 0 Å². The van der Waals surface area contributed by atoms with Gasteiger partial charge >= 0.3 is 0 Å². The fourth-order valence-electron chi connectivity index (χ4n) is 1.96. The lowest BCUT2D eigenvalue weighted by Gasteiger charge is -2.20. The highest BCUT2D eigenvalue weighted by atomic mass is 16.1. The summed E-state index contributed by atoms with van der Waals surface area (Å²) >= 11 is 0. The minimum absolute atomic E-state index is 0.0353. The molecule has 0 unspecified atom stereocenters. The van der Waals surface area contributed by atoms with Gasteiger partial charge in [-0.3, -0.25) is 4.79 Å². The van der Waals surface area contributed by atoms with Crippen molar-refractivity contribution in [3.63, 3.8) is 0 Å². The van der Waals surface area contributed by atoms with E-state index in [-0.39, 0.29) is 5.91 Å². The lowest BCUT2D eigenvalue weighted by molar-refractivity contribution is 0.0951. The van der Waals surface area contributed by atoms with Gasteiger partial charge in [0.2, 0.25) is 0 Å². The Hall–Kier alpha value is -1.62. The van der Waals surface area contributed by atoms with E-state index in [1.54, 1.807) is 6.07 Å². The van der Waals surface area contributed by atoms with Gasteiger partial charge in [0.05, 0.1) is 0 Å². The molecule has 1 amide bonds. The van der Waals surface area contributed by atoms with E-state index in [2.05, 4.69) is 41.4 Å². The minimum Gasteiger partial charge on any atom is -0.370 e. The van der Waals surface area contributed by atoms with Gasteiger partial charge in [0.1, 0.15) is 5.82 Å². The van der Waals surface area contributed by atoms with Crippen molar-refractivity contribution in [2.24, 2.45) is 0 Å². The summed E-state index contributed by atoms with van der Waals surface area (Å²) in [5.41, 5.74) is 1.51. The molecule has 0 aliphatic heterocycles. The number of pyridine rings is 1. The van der Waals surface area contributed by atoms with E-state index in [0.29, 0.717) is 18.2 Å². The van der Waals surface area contributed by atoms with Crippen LogP contribution in [0.3, 0.4) is 0 Å². The van der Waals surface area contributed by atoms with Gasteiger partial charge in [-0.05, 0) is 59.8 Å². The number of hydrogen-bond acceptors (Lipinski definition) is 4. The molecule has 5 heteroatoms. The number of nitrogens with one attached hydrogen (secondary N) is 2. The fraction of sp³-hybridized carbons (Fsp3) is 0.625. The van der Waals surface area contributed by atoms with Gasteiger partial charge in [0.25, 0.3) is 5.91 Å². The Bertz CT molecular complexity index is 460. The van der Waals surface area contributed by atoms with Gasteiger partial charge in [-0.25, -0.2) is 4.98 Å². The Morgan fingerprint density at radius 3 is 2.71 bits per heavy atom. The van der Waals surface area contributed by atoms with Crippen molar-refractivity contribution in [2.75, 3.05) is 32.0 Å². The van der Waals surface area contributed by atoms with E-state index in [1.165, 1.54) is 0 Å². The summed E-state index contributed by atoms with van der Waals surface area (Å²) in [7, 11) is 2.10. The van der Waals surface area contributed by atoms with Crippen molar-refractivity contribution in [1.29, 1.82) is 0 Å². The van der Waals surface area contributed by atoms with Gasteiger partial charge in [-0.15, -0.1) is 0 Å². The van der Waals surface area contributed by atoms with E-state index >= 15 is 0 Å². The van der Waals surface area contributed by atoms with Crippen LogP contribution in [-0.2, 0) is 0 Å². The Kier molecular flexibility index (Phi) is 7.15. The second kappa shape index (κ2) is 8.62. The van der Waals surface area contributed by atoms with Crippen LogP contribution in [0.25, 0.3) is 0 Å². The van der Waals surface area contributed by atoms with Crippen LogP contribution in [-0.4, -0.2) is 48.5 Å². The molecule has 0 bridgehead atoms. The predicted octanol–water partition coefficient (Wildman–Crippen LogP) is 2.28. The second-order valence-electron chi connectivity index (χ2n) is 5.60. The Morgan fingerprint density at radius 2 is 2.10 bits per heavy atom. The maximum Gasteiger partial charge on any atom is 0.251 e. The van der Waals surface area contributed by atoms with Crippen molar-refractivity contribution >= 4 is 11.7 Å². The highest BCUT2D eigenvalue weighted by Gasteiger charge is 2.08. The maximum atomic E-state index is 12.2. The molecule has 0 radical (unpaired) electrons. The third-order valence-corrected chi connectivity index (χ3v) is 3.43. The number of carbonyl (C=O) groups is 1. The zero-order valence-electron chi connectivity index (χ0n) is 13.9. The average Bonchev–Trinajstić information content (AvgIpc) is 2.42. The second-order valence-corrected chi connectivity index (χ2v) is 5.60. The van der Waals surface area contributed by atoms with Crippen LogP contribution in [0, 0.1) is 6.92 Å². The van der Waals surface area contributed by atoms with Gasteiger partial charge in [-0.1, -0.05) is 0 Å². The SMILES string of the molecule is CCNc1cc(C(=O)NCCCN(C)C(C)C)cc(C)n1. The summed E-state index contributed by atoms with van der Waals surface area (Å²) in [4.78, 5) is 18.8. The third-order valence-electron chi connectivity index (χ3n) is 3.43. The molecule has 1 rings (SSSR count). The first-order chi connectivity index (χ1) is 9.93. The van der Waals surface area contributed by atoms with Crippen LogP contribution >= 0.6 is 0 Å². The quantitative estimate of drug-likeness (QED) is 0.722. The van der Waals surface area contributed by atoms with E-state index in [0.717, 1.165) is 31.0 Å². The number of nitrogens with zero attached hydrogens (tertiary/aromatic N) is 2. The molecular formula is C16H28N4O. The molecule has 0 aliphatic rings. The number of rotatable bonds is 8. The minimum atomic E-state index is -0.0353. The van der Waals surface area contributed by atoms with Crippen molar-refractivity contribution < 1.29 is 4.79 Å². The number of amides is 1. The van der Waals surface area contributed by atoms with Crippen molar-refractivity contribution in [1.82, 2.24) is 15.2 Å². The summed E-state index contributed by atoms with van der Waals surface area (Å²) in [6.07, 6.45) is 0.949. The van der Waals surface area contributed by atoms with Gasteiger partial charge in [0.15, 0.2) is 0 Å². The van der Waals surface area contributed by atoms with Gasteiger partial charge in [0, 0.05) is 30.4 Å². The number of hydrogen-bond donors (Lipinski definition) is 2. The number of carbonyl (C=O) groups excluding carboxylic acids is 1. The molecular weight excluding hydrogens is 264 g/mol. The first-order valence-corrected chi connectivity index (χ1v) is 7.65. The molecule has 0 aliphatic carbocycles. The topological polar surface area (TPSA) is 57.3 Å². The smallest absolute Gasteiger partial charge is 0.251 e. The molecule has 1 heterocycles. The molecule has 0 aromatic carbocycles. The third kappa shape index (κ3) is 6.12. The molecule has 0 saturated heterocycles. The van der Waals surface area contributed by atoms with Crippen molar-refractivity contribution in [3.05, 3.63) is 23.4 Å². The van der Waals surface area contributed by atoms with Gasteiger partial charge < -0.3 is 15.5 Å². The van der Waals surface area contributed by atoms with E-state index < -0.39 is 0 Å². The van der Waals surface area contributed by atoms with Crippen LogP contribution in [0.2, 0.25) is 0 Å². The summed E-state index contributed by atoms with van der Waals surface area (Å²) in [6, 6.07) is 4.15. The van der Waals surface area contributed by atoms with Crippen LogP contribution < -0.4 is 10.6 Å². The summed E-state index contributed by atoms with van der Waals surface area (Å²) in [6.45, 7) is 10.7. The normalized spacial score (nSPS) is 11.0. The monoisotopic (exact) mass is 292 g/mol. The van der Waals surface area contributed by atoms with Crippen LogP contribution in [0.1, 0.15) is 43.2 Å². The van der Waals surface area contributed by atoms with Crippen LogP contribution in [0.5, 0.6) is 0 Å². The molecule has 2 N–H and O–H groups in total. The summed E-state index contributed by atoms with van der Waals surface area (Å²) in [5, 5.41) is 6.11.